The molecule has 2 aliphatic rings. The third kappa shape index (κ3) is 2.72. The lowest BCUT2D eigenvalue weighted by Crippen LogP contribution is -2.25. The molecule has 2 aliphatic heterocycles. The van der Waals surface area contributed by atoms with Crippen LogP contribution in [0.15, 0.2) is 53.1 Å². The van der Waals surface area contributed by atoms with E-state index in [1.807, 2.05) is 36.8 Å². The lowest BCUT2D eigenvalue weighted by Gasteiger charge is -2.17. The number of aromatic nitrogens is 2. The molecule has 2 atom stereocenters. The highest BCUT2D eigenvalue weighted by atomic mass is 32.2. The number of benzene rings is 1. The van der Waals surface area contributed by atoms with E-state index in [0.717, 1.165) is 35.5 Å². The molecule has 138 valence electrons. The maximum atomic E-state index is 13.1. The molecule has 0 radical (unpaired) electrons. The van der Waals surface area contributed by atoms with Crippen LogP contribution in [0.1, 0.15) is 22.1 Å². The molecule has 7 heteroatoms. The second kappa shape index (κ2) is 6.22. The van der Waals surface area contributed by atoms with Crippen LogP contribution in [0.2, 0.25) is 0 Å². The molecular formula is C20H19N3O2S2. The van der Waals surface area contributed by atoms with Crippen molar-refractivity contribution in [1.82, 2.24) is 14.9 Å². The number of pyridine rings is 1. The standard InChI is InChI=1S/C20H19N3O2S2/c1-13-18(26-12-22-13)10-23-9-17-16-7-14(15-3-2-6-21-8-15)4-5-19(16)27(24,25)20(17)11-23/h2-8,12,17,20H,9-11H2,1H3. The van der Waals surface area contributed by atoms with Crippen molar-refractivity contribution < 1.29 is 8.42 Å². The zero-order valence-electron chi connectivity index (χ0n) is 14.9. The highest BCUT2D eigenvalue weighted by Crippen LogP contribution is 2.46. The first-order valence-corrected chi connectivity index (χ1v) is 11.4. The van der Waals surface area contributed by atoms with Crippen molar-refractivity contribution in [2.75, 3.05) is 13.1 Å². The van der Waals surface area contributed by atoms with Crippen LogP contribution in [0, 0.1) is 6.92 Å². The molecule has 0 amide bonds. The summed E-state index contributed by atoms with van der Waals surface area (Å²) in [4.78, 5) is 12.5. The van der Waals surface area contributed by atoms with Gasteiger partial charge >= 0.3 is 0 Å². The predicted molar refractivity (Wildman–Crippen MR) is 106 cm³/mol. The van der Waals surface area contributed by atoms with Gasteiger partial charge in [-0.15, -0.1) is 11.3 Å². The second-order valence-electron chi connectivity index (χ2n) is 7.24. The maximum Gasteiger partial charge on any atom is 0.183 e. The molecule has 1 saturated heterocycles. The number of fused-ring (bicyclic) bond motifs is 3. The van der Waals surface area contributed by atoms with Gasteiger partial charge in [0, 0.05) is 42.8 Å². The van der Waals surface area contributed by atoms with Gasteiger partial charge < -0.3 is 0 Å². The molecule has 0 spiro atoms. The van der Waals surface area contributed by atoms with Gasteiger partial charge in [-0.25, -0.2) is 13.4 Å². The number of sulfone groups is 1. The number of thiazole rings is 1. The van der Waals surface area contributed by atoms with Crippen molar-refractivity contribution in [3.63, 3.8) is 0 Å². The summed E-state index contributed by atoms with van der Waals surface area (Å²) in [6.07, 6.45) is 3.56. The van der Waals surface area contributed by atoms with Crippen molar-refractivity contribution >= 4 is 21.2 Å². The Bertz CT molecular complexity index is 1110. The van der Waals surface area contributed by atoms with Gasteiger partial charge in [-0.1, -0.05) is 12.1 Å². The molecule has 0 bridgehead atoms. The van der Waals surface area contributed by atoms with Crippen molar-refractivity contribution in [3.05, 3.63) is 64.4 Å². The average molecular weight is 398 g/mol. The fourth-order valence-electron chi connectivity index (χ4n) is 4.25. The summed E-state index contributed by atoms with van der Waals surface area (Å²) in [6, 6.07) is 9.63. The Kier molecular flexibility index (Phi) is 3.93. The van der Waals surface area contributed by atoms with Gasteiger partial charge in [-0.05, 0) is 41.8 Å². The fourth-order valence-corrected chi connectivity index (χ4v) is 7.26. The maximum absolute atomic E-state index is 13.1. The molecular weight excluding hydrogens is 378 g/mol. The first kappa shape index (κ1) is 17.0. The number of hydrogen-bond acceptors (Lipinski definition) is 6. The van der Waals surface area contributed by atoms with E-state index in [1.54, 1.807) is 23.6 Å². The van der Waals surface area contributed by atoms with Gasteiger partial charge in [0.25, 0.3) is 0 Å². The van der Waals surface area contributed by atoms with Crippen LogP contribution in [0.4, 0.5) is 0 Å². The molecule has 2 aromatic heterocycles. The minimum absolute atomic E-state index is 0.0369. The van der Waals surface area contributed by atoms with Crippen LogP contribution in [-0.4, -0.2) is 41.6 Å². The lowest BCUT2D eigenvalue weighted by molar-refractivity contribution is 0.327. The molecule has 1 fully saturated rings. The predicted octanol–water partition coefficient (Wildman–Crippen LogP) is 3.27. The molecule has 0 saturated carbocycles. The van der Waals surface area contributed by atoms with Crippen LogP contribution in [0.3, 0.4) is 0 Å². The fraction of sp³-hybridized carbons (Fsp3) is 0.300. The van der Waals surface area contributed by atoms with Gasteiger partial charge in [-0.3, -0.25) is 9.88 Å². The summed E-state index contributed by atoms with van der Waals surface area (Å²) < 4.78 is 26.2. The summed E-state index contributed by atoms with van der Waals surface area (Å²) in [5, 5.41) is -0.343. The summed E-state index contributed by atoms with van der Waals surface area (Å²) in [7, 11) is -3.27. The highest BCUT2D eigenvalue weighted by molar-refractivity contribution is 7.92. The largest absolute Gasteiger partial charge is 0.296 e. The monoisotopic (exact) mass is 397 g/mol. The van der Waals surface area contributed by atoms with Gasteiger partial charge in [0.05, 0.1) is 21.3 Å². The van der Waals surface area contributed by atoms with Gasteiger partial charge in [-0.2, -0.15) is 0 Å². The molecule has 2 unspecified atom stereocenters. The van der Waals surface area contributed by atoms with Gasteiger partial charge in [0.2, 0.25) is 0 Å². The van der Waals surface area contributed by atoms with Gasteiger partial charge in [0.15, 0.2) is 9.84 Å². The topological polar surface area (TPSA) is 63.2 Å². The normalized spacial score (nSPS) is 23.3. The summed E-state index contributed by atoms with van der Waals surface area (Å²) in [5.74, 6) is 0.0369. The zero-order valence-corrected chi connectivity index (χ0v) is 16.5. The third-order valence-electron chi connectivity index (χ3n) is 5.66. The number of aryl methyl sites for hydroxylation is 1. The minimum Gasteiger partial charge on any atom is -0.296 e. The average Bonchev–Trinajstić information content (AvgIpc) is 3.33. The van der Waals surface area contributed by atoms with E-state index in [0.29, 0.717) is 11.4 Å². The van der Waals surface area contributed by atoms with E-state index < -0.39 is 9.84 Å². The van der Waals surface area contributed by atoms with E-state index in [1.165, 1.54) is 4.88 Å². The SMILES string of the molecule is Cc1ncsc1CN1CC2c3cc(-c4cccnc4)ccc3S(=O)(=O)C2C1. The second-order valence-corrected chi connectivity index (χ2v) is 10.3. The Morgan fingerprint density at radius 2 is 2.11 bits per heavy atom. The zero-order chi connectivity index (χ0) is 18.6. The number of rotatable bonds is 3. The van der Waals surface area contributed by atoms with Crippen LogP contribution in [-0.2, 0) is 16.4 Å². The van der Waals surface area contributed by atoms with Crippen LogP contribution < -0.4 is 0 Å². The number of hydrogen-bond donors (Lipinski definition) is 0. The van der Waals surface area contributed by atoms with Crippen LogP contribution in [0.5, 0.6) is 0 Å². The van der Waals surface area contributed by atoms with E-state index in [4.69, 9.17) is 0 Å². The first-order valence-electron chi connectivity index (χ1n) is 8.93. The molecule has 3 aromatic rings. The van der Waals surface area contributed by atoms with E-state index >= 15 is 0 Å². The summed E-state index contributed by atoms with van der Waals surface area (Å²) in [5.41, 5.74) is 5.89. The Balaban J connectivity index is 1.50. The Hall–Kier alpha value is -2.09. The first-order chi connectivity index (χ1) is 13.0. The lowest BCUT2D eigenvalue weighted by atomic mass is 9.95. The smallest absolute Gasteiger partial charge is 0.183 e. The third-order valence-corrected chi connectivity index (χ3v) is 8.84. The van der Waals surface area contributed by atoms with Crippen molar-refractivity contribution in [3.8, 4) is 11.1 Å². The Labute approximate surface area is 162 Å². The van der Waals surface area contributed by atoms with Crippen LogP contribution >= 0.6 is 11.3 Å². The van der Waals surface area contributed by atoms with E-state index in [-0.39, 0.29) is 11.2 Å². The molecule has 4 heterocycles. The summed E-state index contributed by atoms with van der Waals surface area (Å²) in [6.45, 7) is 4.14. The molecule has 5 nitrogen and oxygen atoms in total. The van der Waals surface area contributed by atoms with Gasteiger partial charge in [0.1, 0.15) is 0 Å². The Morgan fingerprint density at radius 1 is 1.22 bits per heavy atom. The number of likely N-dealkylation sites (tertiary alicyclic amines) is 1. The van der Waals surface area contributed by atoms with Crippen molar-refractivity contribution in [1.29, 1.82) is 0 Å². The molecule has 0 N–H and O–H groups in total. The Morgan fingerprint density at radius 3 is 2.85 bits per heavy atom. The van der Waals surface area contributed by atoms with Crippen molar-refractivity contribution in [2.24, 2.45) is 0 Å². The quantitative estimate of drug-likeness (QED) is 0.679. The number of nitrogens with zero attached hydrogens (tertiary/aromatic N) is 3. The molecule has 1 aromatic carbocycles. The van der Waals surface area contributed by atoms with E-state index in [2.05, 4.69) is 20.9 Å². The summed E-state index contributed by atoms with van der Waals surface area (Å²) >= 11 is 1.64. The van der Waals surface area contributed by atoms with Crippen molar-refractivity contribution in [2.45, 2.75) is 29.5 Å². The molecule has 27 heavy (non-hydrogen) atoms. The van der Waals surface area contributed by atoms with E-state index in [9.17, 15) is 8.42 Å². The molecule has 5 rings (SSSR count). The molecule has 0 aliphatic carbocycles. The van der Waals surface area contributed by atoms with Crippen LogP contribution in [0.25, 0.3) is 11.1 Å². The highest BCUT2D eigenvalue weighted by Gasteiger charge is 2.50. The minimum atomic E-state index is -3.27.